The lowest BCUT2D eigenvalue weighted by atomic mass is 10.1. The number of rotatable bonds is 3. The number of nitrogens with one attached hydrogen (secondary N) is 1. The molecule has 104 valence electrons. The van der Waals surface area contributed by atoms with Crippen molar-refractivity contribution < 1.29 is 9.90 Å². The van der Waals surface area contributed by atoms with Gasteiger partial charge in [0, 0.05) is 45.5 Å². The van der Waals surface area contributed by atoms with Crippen molar-refractivity contribution in [2.24, 2.45) is 0 Å². The van der Waals surface area contributed by atoms with Gasteiger partial charge >= 0.3 is 6.09 Å². The molecule has 1 aromatic heterocycles. The molecule has 0 aromatic carbocycles. The van der Waals surface area contributed by atoms with Crippen molar-refractivity contribution in [1.82, 2.24) is 14.8 Å². The minimum atomic E-state index is -0.827. The van der Waals surface area contributed by atoms with Crippen molar-refractivity contribution in [3.8, 4) is 0 Å². The van der Waals surface area contributed by atoms with E-state index in [1.54, 1.807) is 0 Å². The molecule has 6 nitrogen and oxygen atoms in total. The number of pyridine rings is 1. The van der Waals surface area contributed by atoms with Crippen LogP contribution in [0.15, 0.2) is 18.3 Å². The summed E-state index contributed by atoms with van der Waals surface area (Å²) in [6.07, 6.45) is 1.03. The number of carbonyl (C=O) groups is 1. The van der Waals surface area contributed by atoms with Gasteiger partial charge < -0.3 is 15.3 Å². The third-order valence-electron chi connectivity index (χ3n) is 3.44. The molecule has 1 aliphatic rings. The molecule has 0 spiro atoms. The van der Waals surface area contributed by atoms with E-state index in [1.165, 1.54) is 4.90 Å². The highest BCUT2D eigenvalue weighted by Crippen LogP contribution is 2.13. The van der Waals surface area contributed by atoms with Crippen molar-refractivity contribution in [3.63, 3.8) is 0 Å². The van der Waals surface area contributed by atoms with E-state index in [-0.39, 0.29) is 6.04 Å². The molecule has 2 N–H and O–H groups in total. The molecule has 19 heavy (non-hydrogen) atoms. The first-order valence-electron chi connectivity index (χ1n) is 6.44. The number of amides is 1. The number of hydrogen-bond donors (Lipinski definition) is 2. The molecule has 0 unspecified atom stereocenters. The van der Waals surface area contributed by atoms with Crippen molar-refractivity contribution in [2.75, 3.05) is 32.0 Å². The van der Waals surface area contributed by atoms with Crippen LogP contribution in [-0.2, 0) is 6.54 Å². The molecular weight excluding hydrogens is 244 g/mol. The maximum absolute atomic E-state index is 11.0. The van der Waals surface area contributed by atoms with E-state index in [2.05, 4.69) is 15.2 Å². The first kappa shape index (κ1) is 13.6. The van der Waals surface area contributed by atoms with Gasteiger partial charge in [-0.15, -0.1) is 0 Å². The van der Waals surface area contributed by atoms with E-state index >= 15 is 0 Å². The SMILES string of the molecule is CNc1ccc(CN2CCN(C(=O)O)[C@@H](C)C2)cn1. The van der Waals surface area contributed by atoms with Gasteiger partial charge in [-0.3, -0.25) is 4.90 Å². The molecule has 1 saturated heterocycles. The summed E-state index contributed by atoms with van der Waals surface area (Å²) in [4.78, 5) is 19.0. The lowest BCUT2D eigenvalue weighted by molar-refractivity contribution is 0.0711. The Bertz CT molecular complexity index is 435. The van der Waals surface area contributed by atoms with Crippen molar-refractivity contribution >= 4 is 11.9 Å². The van der Waals surface area contributed by atoms with E-state index < -0.39 is 6.09 Å². The molecule has 1 fully saturated rings. The Kier molecular flexibility index (Phi) is 4.21. The van der Waals surface area contributed by atoms with Gasteiger partial charge in [0.25, 0.3) is 0 Å². The second-order valence-corrected chi connectivity index (χ2v) is 4.86. The maximum Gasteiger partial charge on any atom is 0.407 e. The zero-order valence-corrected chi connectivity index (χ0v) is 11.3. The van der Waals surface area contributed by atoms with Gasteiger partial charge in [0.2, 0.25) is 0 Å². The van der Waals surface area contributed by atoms with Crippen LogP contribution in [0.1, 0.15) is 12.5 Å². The number of nitrogens with zero attached hydrogens (tertiary/aromatic N) is 3. The van der Waals surface area contributed by atoms with Crippen molar-refractivity contribution in [3.05, 3.63) is 23.9 Å². The molecule has 2 heterocycles. The topological polar surface area (TPSA) is 68.7 Å². The molecular formula is C13H20N4O2. The smallest absolute Gasteiger partial charge is 0.407 e. The van der Waals surface area contributed by atoms with Gasteiger partial charge in [-0.2, -0.15) is 0 Å². The first-order valence-corrected chi connectivity index (χ1v) is 6.44. The highest BCUT2D eigenvalue weighted by Gasteiger charge is 2.26. The standard InChI is InChI=1S/C13H20N4O2/c1-10-8-16(5-6-17(10)13(18)19)9-11-3-4-12(14-2)15-7-11/h3-4,7,10H,5-6,8-9H2,1-2H3,(H,14,15)(H,18,19)/t10-/m0/s1. The fraction of sp³-hybridized carbons (Fsp3) is 0.538. The van der Waals surface area contributed by atoms with Crippen LogP contribution in [0.4, 0.5) is 10.6 Å². The number of anilines is 1. The predicted octanol–water partition coefficient (Wildman–Crippen LogP) is 1.31. The largest absolute Gasteiger partial charge is 0.465 e. The third kappa shape index (κ3) is 3.35. The fourth-order valence-corrected chi connectivity index (χ4v) is 2.38. The normalized spacial score (nSPS) is 20.3. The maximum atomic E-state index is 11.0. The van der Waals surface area contributed by atoms with Crippen LogP contribution in [0.25, 0.3) is 0 Å². The van der Waals surface area contributed by atoms with Crippen LogP contribution in [0.3, 0.4) is 0 Å². The summed E-state index contributed by atoms with van der Waals surface area (Å²) in [5, 5.41) is 12.0. The van der Waals surface area contributed by atoms with Gasteiger partial charge in [-0.25, -0.2) is 9.78 Å². The Morgan fingerprint density at radius 1 is 1.53 bits per heavy atom. The van der Waals surface area contributed by atoms with Crippen LogP contribution in [-0.4, -0.2) is 58.7 Å². The third-order valence-corrected chi connectivity index (χ3v) is 3.44. The van der Waals surface area contributed by atoms with Gasteiger partial charge in [0.05, 0.1) is 0 Å². The van der Waals surface area contributed by atoms with Crippen LogP contribution in [0, 0.1) is 0 Å². The van der Waals surface area contributed by atoms with Gasteiger partial charge in [-0.1, -0.05) is 6.07 Å². The Balaban J connectivity index is 1.92. The van der Waals surface area contributed by atoms with Crippen LogP contribution in [0.2, 0.25) is 0 Å². The summed E-state index contributed by atoms with van der Waals surface area (Å²) in [6.45, 7) is 4.86. The Morgan fingerprint density at radius 3 is 2.84 bits per heavy atom. The number of hydrogen-bond acceptors (Lipinski definition) is 4. The van der Waals surface area contributed by atoms with Gasteiger partial charge in [-0.05, 0) is 18.6 Å². The van der Waals surface area contributed by atoms with Gasteiger partial charge in [0.15, 0.2) is 0 Å². The van der Waals surface area contributed by atoms with E-state index in [1.807, 2.05) is 32.3 Å². The molecule has 6 heteroatoms. The zero-order valence-electron chi connectivity index (χ0n) is 11.3. The van der Waals surface area contributed by atoms with Crippen LogP contribution in [0.5, 0.6) is 0 Å². The minimum absolute atomic E-state index is 0.0378. The molecule has 2 rings (SSSR count). The van der Waals surface area contributed by atoms with Gasteiger partial charge in [0.1, 0.15) is 5.82 Å². The first-order chi connectivity index (χ1) is 9.10. The number of aromatic nitrogens is 1. The molecule has 1 aromatic rings. The average Bonchev–Trinajstić information content (AvgIpc) is 2.39. The van der Waals surface area contributed by atoms with E-state index in [0.29, 0.717) is 6.54 Å². The summed E-state index contributed by atoms with van der Waals surface area (Å²) in [7, 11) is 1.84. The quantitative estimate of drug-likeness (QED) is 0.861. The summed E-state index contributed by atoms with van der Waals surface area (Å²) < 4.78 is 0. The van der Waals surface area contributed by atoms with Crippen LogP contribution < -0.4 is 5.32 Å². The highest BCUT2D eigenvalue weighted by atomic mass is 16.4. The monoisotopic (exact) mass is 264 g/mol. The Morgan fingerprint density at radius 2 is 2.32 bits per heavy atom. The van der Waals surface area contributed by atoms with E-state index in [9.17, 15) is 4.79 Å². The predicted molar refractivity (Wildman–Crippen MR) is 73.3 cm³/mol. The molecule has 0 saturated carbocycles. The molecule has 1 atom stereocenters. The minimum Gasteiger partial charge on any atom is -0.465 e. The average molecular weight is 264 g/mol. The molecule has 1 amide bonds. The Hall–Kier alpha value is -1.82. The molecule has 0 aliphatic carbocycles. The molecule has 1 aliphatic heterocycles. The second-order valence-electron chi connectivity index (χ2n) is 4.86. The fourth-order valence-electron chi connectivity index (χ4n) is 2.38. The highest BCUT2D eigenvalue weighted by molar-refractivity contribution is 5.65. The molecule has 0 bridgehead atoms. The Labute approximate surface area is 113 Å². The van der Waals surface area contributed by atoms with Crippen LogP contribution >= 0.6 is 0 Å². The lowest BCUT2D eigenvalue weighted by Crippen LogP contribution is -2.53. The van der Waals surface area contributed by atoms with E-state index in [0.717, 1.165) is 31.0 Å². The number of carboxylic acid groups (broad SMARTS) is 1. The van der Waals surface area contributed by atoms with Crippen molar-refractivity contribution in [1.29, 1.82) is 0 Å². The summed E-state index contributed by atoms with van der Waals surface area (Å²) >= 11 is 0. The lowest BCUT2D eigenvalue weighted by Gasteiger charge is -2.38. The van der Waals surface area contributed by atoms with Crippen molar-refractivity contribution in [2.45, 2.75) is 19.5 Å². The summed E-state index contributed by atoms with van der Waals surface area (Å²) in [5.41, 5.74) is 1.15. The number of piperazine rings is 1. The summed E-state index contributed by atoms with van der Waals surface area (Å²) in [6, 6.07) is 4.04. The second kappa shape index (κ2) is 5.88. The summed E-state index contributed by atoms with van der Waals surface area (Å²) in [5.74, 6) is 0.854. The molecule has 0 radical (unpaired) electrons. The zero-order chi connectivity index (χ0) is 13.8. The van der Waals surface area contributed by atoms with E-state index in [4.69, 9.17) is 5.11 Å².